The number of amides is 1. The summed E-state index contributed by atoms with van der Waals surface area (Å²) in [5.74, 6) is 0.696. The van der Waals surface area contributed by atoms with Crippen LogP contribution in [0.15, 0.2) is 64.3 Å². The van der Waals surface area contributed by atoms with Crippen LogP contribution in [0.2, 0.25) is 0 Å². The number of methoxy groups -OCH3 is 3. The van der Waals surface area contributed by atoms with Crippen LogP contribution in [-0.4, -0.2) is 57.6 Å². The lowest BCUT2D eigenvalue weighted by atomic mass is 9.84. The number of fused-ring (bicyclic) bond motifs is 4. The molecule has 1 fully saturated rings. The summed E-state index contributed by atoms with van der Waals surface area (Å²) < 4.78 is 46.2. The number of carbonyl (C=O) groups is 1. The van der Waals surface area contributed by atoms with Gasteiger partial charge in [0.15, 0.2) is 11.5 Å². The third kappa shape index (κ3) is 4.63. The number of ether oxygens (including phenoxy) is 3. The van der Waals surface area contributed by atoms with Crippen molar-refractivity contribution in [2.24, 2.45) is 5.92 Å². The molecule has 10 nitrogen and oxygen atoms in total. The molecule has 3 heterocycles. The van der Waals surface area contributed by atoms with E-state index in [2.05, 4.69) is 5.32 Å². The maximum atomic E-state index is 13.5. The summed E-state index contributed by atoms with van der Waals surface area (Å²) in [6.07, 6.45) is 0.862. The van der Waals surface area contributed by atoms with Gasteiger partial charge in [0.05, 0.1) is 26.2 Å². The van der Waals surface area contributed by atoms with Gasteiger partial charge in [-0.1, -0.05) is 6.07 Å². The second-order valence-corrected chi connectivity index (χ2v) is 11.4. The molecule has 200 valence electrons. The molecular weight excluding hydrogens is 510 g/mol. The molecule has 2 atom stereocenters. The SMILES string of the molecule is COc1cc(C(=O)Nc2ccc(S(=O)(=O)N3C[C@@H]4C[C@H](C3)c3cccc(=O)n3C4)cc2)cc(OC)c1OC. The minimum absolute atomic E-state index is 0.0248. The van der Waals surface area contributed by atoms with E-state index in [1.807, 2.05) is 6.07 Å². The summed E-state index contributed by atoms with van der Waals surface area (Å²) in [5, 5.41) is 2.77. The first-order chi connectivity index (χ1) is 18.2. The second-order valence-electron chi connectivity index (χ2n) is 9.41. The monoisotopic (exact) mass is 539 g/mol. The molecule has 0 spiro atoms. The van der Waals surface area contributed by atoms with Crippen molar-refractivity contribution in [3.8, 4) is 17.2 Å². The van der Waals surface area contributed by atoms with Gasteiger partial charge in [-0.3, -0.25) is 9.59 Å². The van der Waals surface area contributed by atoms with E-state index in [4.69, 9.17) is 14.2 Å². The van der Waals surface area contributed by atoms with Crippen LogP contribution in [0, 0.1) is 5.92 Å². The average molecular weight is 540 g/mol. The van der Waals surface area contributed by atoms with Gasteiger partial charge >= 0.3 is 0 Å². The van der Waals surface area contributed by atoms with E-state index in [9.17, 15) is 18.0 Å². The zero-order chi connectivity index (χ0) is 27.0. The van der Waals surface area contributed by atoms with Gasteiger partial charge in [-0.05, 0) is 54.8 Å². The molecule has 0 aliphatic carbocycles. The summed E-state index contributed by atoms with van der Waals surface area (Å²) in [7, 11) is 0.654. The third-order valence-corrected chi connectivity index (χ3v) is 8.97. The Morgan fingerprint density at radius 1 is 0.921 bits per heavy atom. The molecule has 3 aromatic rings. The van der Waals surface area contributed by atoms with Crippen LogP contribution in [0.1, 0.15) is 28.4 Å². The van der Waals surface area contributed by atoms with Gasteiger partial charge in [-0.25, -0.2) is 8.42 Å². The number of hydrogen-bond donors (Lipinski definition) is 1. The smallest absolute Gasteiger partial charge is 0.255 e. The van der Waals surface area contributed by atoms with E-state index in [1.54, 1.807) is 28.8 Å². The number of piperidine rings is 1. The van der Waals surface area contributed by atoms with Crippen molar-refractivity contribution in [1.29, 1.82) is 0 Å². The van der Waals surface area contributed by atoms with Crippen molar-refractivity contribution in [3.63, 3.8) is 0 Å². The van der Waals surface area contributed by atoms with E-state index < -0.39 is 15.9 Å². The maximum Gasteiger partial charge on any atom is 0.255 e. The standard InChI is InChI=1S/C27H29N3O7S/c1-35-23-12-18(13-24(36-2)26(23)37-3)27(32)28-20-7-9-21(10-8-20)38(33,34)29-14-17-11-19(16-29)22-5-4-6-25(31)30(22)15-17/h4-10,12-13,17,19H,11,14-16H2,1-3H3,(H,28,32)/t17-,19+/m0/s1. The summed E-state index contributed by atoms with van der Waals surface area (Å²) in [6, 6.07) is 14.3. The Kier molecular flexibility index (Phi) is 6.89. The second kappa shape index (κ2) is 10.1. The van der Waals surface area contributed by atoms with Gasteiger partial charge in [-0.2, -0.15) is 4.31 Å². The normalized spacial score (nSPS) is 18.8. The molecule has 2 aliphatic rings. The molecule has 0 unspecified atom stereocenters. The summed E-state index contributed by atoms with van der Waals surface area (Å²) in [6.45, 7) is 1.20. The Hall–Kier alpha value is -3.83. The number of aromatic nitrogens is 1. The van der Waals surface area contributed by atoms with Gasteiger partial charge in [0.1, 0.15) is 0 Å². The molecule has 1 N–H and O–H groups in total. The number of nitrogens with one attached hydrogen (secondary N) is 1. The van der Waals surface area contributed by atoms with Crippen molar-refractivity contribution in [3.05, 3.63) is 76.2 Å². The quantitative estimate of drug-likeness (QED) is 0.491. The first-order valence-electron chi connectivity index (χ1n) is 12.2. The highest BCUT2D eigenvalue weighted by Gasteiger charge is 2.39. The van der Waals surface area contributed by atoms with Crippen LogP contribution in [0.3, 0.4) is 0 Å². The van der Waals surface area contributed by atoms with E-state index in [-0.39, 0.29) is 27.9 Å². The molecule has 2 aliphatic heterocycles. The zero-order valence-corrected chi connectivity index (χ0v) is 22.2. The minimum atomic E-state index is -3.75. The number of sulfonamides is 1. The molecule has 5 rings (SSSR count). The number of rotatable bonds is 7. The fraction of sp³-hybridized carbons (Fsp3) is 0.333. The lowest BCUT2D eigenvalue weighted by molar-refractivity contribution is 0.102. The lowest BCUT2D eigenvalue weighted by Gasteiger charge is -2.42. The number of hydrogen-bond acceptors (Lipinski definition) is 7. The highest BCUT2D eigenvalue weighted by molar-refractivity contribution is 7.89. The van der Waals surface area contributed by atoms with E-state index in [1.165, 1.54) is 49.9 Å². The van der Waals surface area contributed by atoms with Gasteiger partial charge in [0, 0.05) is 48.6 Å². The summed E-state index contributed by atoms with van der Waals surface area (Å²) >= 11 is 0. The van der Waals surface area contributed by atoms with Crippen molar-refractivity contribution >= 4 is 21.6 Å². The molecule has 1 aromatic heterocycles. The Labute approximate surface area is 220 Å². The third-order valence-electron chi connectivity index (χ3n) is 7.12. The van der Waals surface area contributed by atoms with Crippen LogP contribution >= 0.6 is 0 Å². The van der Waals surface area contributed by atoms with E-state index in [0.29, 0.717) is 42.6 Å². The van der Waals surface area contributed by atoms with Gasteiger partial charge < -0.3 is 24.1 Å². The fourth-order valence-corrected chi connectivity index (χ4v) is 6.89. The molecule has 2 aromatic carbocycles. The highest BCUT2D eigenvalue weighted by atomic mass is 32.2. The van der Waals surface area contributed by atoms with Crippen LogP contribution < -0.4 is 25.1 Å². The predicted octanol–water partition coefficient (Wildman–Crippen LogP) is 2.93. The van der Waals surface area contributed by atoms with Gasteiger partial charge in [0.25, 0.3) is 11.5 Å². The van der Waals surface area contributed by atoms with Crippen LogP contribution in [0.5, 0.6) is 17.2 Å². The molecule has 38 heavy (non-hydrogen) atoms. The predicted molar refractivity (Wildman–Crippen MR) is 141 cm³/mol. The van der Waals surface area contributed by atoms with Crippen molar-refractivity contribution in [1.82, 2.24) is 8.87 Å². The Morgan fingerprint density at radius 2 is 1.61 bits per heavy atom. The topological polar surface area (TPSA) is 116 Å². The highest BCUT2D eigenvalue weighted by Crippen LogP contribution is 2.39. The molecule has 0 radical (unpaired) electrons. The summed E-state index contributed by atoms with van der Waals surface area (Å²) in [4.78, 5) is 25.3. The first kappa shape index (κ1) is 25.8. The van der Waals surface area contributed by atoms with E-state index >= 15 is 0 Å². The van der Waals surface area contributed by atoms with Crippen molar-refractivity contribution in [2.45, 2.75) is 23.8 Å². The van der Waals surface area contributed by atoms with Gasteiger partial charge in [-0.15, -0.1) is 0 Å². The molecule has 1 saturated heterocycles. The van der Waals surface area contributed by atoms with Crippen molar-refractivity contribution in [2.75, 3.05) is 39.7 Å². The number of carbonyl (C=O) groups excluding carboxylic acids is 1. The number of anilines is 1. The Balaban J connectivity index is 1.33. The maximum absolute atomic E-state index is 13.5. The fourth-order valence-electron chi connectivity index (χ4n) is 5.32. The first-order valence-corrected chi connectivity index (χ1v) is 13.6. The molecule has 1 amide bonds. The van der Waals surface area contributed by atoms with Crippen LogP contribution in [0.25, 0.3) is 0 Å². The Morgan fingerprint density at radius 3 is 2.24 bits per heavy atom. The minimum Gasteiger partial charge on any atom is -0.493 e. The largest absolute Gasteiger partial charge is 0.493 e. The number of pyridine rings is 1. The van der Waals surface area contributed by atoms with E-state index in [0.717, 1.165) is 12.1 Å². The van der Waals surface area contributed by atoms with Crippen LogP contribution in [-0.2, 0) is 16.6 Å². The van der Waals surface area contributed by atoms with Crippen molar-refractivity contribution < 1.29 is 27.4 Å². The number of nitrogens with zero attached hydrogens (tertiary/aromatic N) is 2. The van der Waals surface area contributed by atoms with Gasteiger partial charge in [0.2, 0.25) is 15.8 Å². The lowest BCUT2D eigenvalue weighted by Crippen LogP contribution is -2.48. The molecule has 11 heteroatoms. The van der Waals surface area contributed by atoms with Crippen LogP contribution in [0.4, 0.5) is 5.69 Å². The number of benzene rings is 2. The molecular formula is C27H29N3O7S. The molecule has 0 saturated carbocycles. The molecule has 2 bridgehead atoms. The summed E-state index contributed by atoms with van der Waals surface area (Å²) in [5.41, 5.74) is 1.57. The average Bonchev–Trinajstić information content (AvgIpc) is 2.93. The zero-order valence-electron chi connectivity index (χ0n) is 21.3. The Bertz CT molecular complexity index is 1510.